The molecule has 27 heavy (non-hydrogen) atoms. The molecule has 1 saturated heterocycles. The van der Waals surface area contributed by atoms with Crippen LogP contribution in [0.15, 0.2) is 28.7 Å². The van der Waals surface area contributed by atoms with Crippen molar-refractivity contribution in [3.8, 4) is 11.5 Å². The third kappa shape index (κ3) is 4.40. The van der Waals surface area contributed by atoms with Crippen molar-refractivity contribution < 1.29 is 17.6 Å². The number of carbonyl (C=O) groups excluding carboxylic acids is 1. The number of carbonyl (C=O) groups is 1. The number of nitrogens with zero attached hydrogens (tertiary/aromatic N) is 2. The lowest BCUT2D eigenvalue weighted by Gasteiger charge is -2.26. The number of hydrogen-bond acceptors (Lipinski definition) is 5. The van der Waals surface area contributed by atoms with Gasteiger partial charge in [0.25, 0.3) is 0 Å². The molecule has 1 unspecified atom stereocenters. The van der Waals surface area contributed by atoms with Crippen LogP contribution >= 0.6 is 0 Å². The van der Waals surface area contributed by atoms with Gasteiger partial charge >= 0.3 is 0 Å². The predicted molar refractivity (Wildman–Crippen MR) is 104 cm³/mol. The van der Waals surface area contributed by atoms with Gasteiger partial charge in [-0.25, -0.2) is 13.4 Å². The van der Waals surface area contributed by atoms with Gasteiger partial charge in [0, 0.05) is 18.2 Å². The lowest BCUT2D eigenvalue weighted by Crippen LogP contribution is -2.41. The molecule has 0 N–H and O–H groups in total. The van der Waals surface area contributed by atoms with Gasteiger partial charge in [-0.05, 0) is 44.4 Å². The molecule has 0 radical (unpaired) electrons. The molecule has 2 heterocycles. The molecule has 1 aliphatic heterocycles. The number of sulfone groups is 1. The minimum atomic E-state index is -3.03. The Balaban J connectivity index is 1.74. The number of aryl methyl sites for hydroxylation is 2. The SMILES string of the molecule is CCc1ccc(-c2nc(CC(=O)N(CC)C3CCS(=O)(=O)C3)c(C)o2)cc1. The van der Waals surface area contributed by atoms with Crippen LogP contribution < -0.4 is 0 Å². The van der Waals surface area contributed by atoms with Crippen LogP contribution in [0, 0.1) is 6.92 Å². The van der Waals surface area contributed by atoms with Crippen molar-refractivity contribution in [2.24, 2.45) is 0 Å². The van der Waals surface area contributed by atoms with Crippen LogP contribution in [0.1, 0.15) is 37.3 Å². The Hall–Kier alpha value is -2.15. The minimum absolute atomic E-state index is 0.0550. The number of benzene rings is 1. The highest BCUT2D eigenvalue weighted by Crippen LogP contribution is 2.24. The van der Waals surface area contributed by atoms with Gasteiger partial charge in [0.15, 0.2) is 9.84 Å². The van der Waals surface area contributed by atoms with Gasteiger partial charge in [-0.15, -0.1) is 0 Å². The third-order valence-electron chi connectivity index (χ3n) is 5.13. The van der Waals surface area contributed by atoms with E-state index >= 15 is 0 Å². The molecule has 1 amide bonds. The number of aromatic nitrogens is 1. The van der Waals surface area contributed by atoms with Crippen LogP contribution in [0.25, 0.3) is 11.5 Å². The number of hydrogen-bond donors (Lipinski definition) is 0. The zero-order chi connectivity index (χ0) is 19.6. The van der Waals surface area contributed by atoms with E-state index in [0.717, 1.165) is 12.0 Å². The highest BCUT2D eigenvalue weighted by Gasteiger charge is 2.34. The number of likely N-dealkylation sites (N-methyl/N-ethyl adjacent to an activating group) is 1. The number of amides is 1. The van der Waals surface area contributed by atoms with E-state index in [1.54, 1.807) is 11.8 Å². The standard InChI is InChI=1S/C20H26N2O4S/c1-4-15-6-8-16(9-7-15)20-21-18(14(3)26-20)12-19(23)22(5-2)17-10-11-27(24,25)13-17/h6-9,17H,4-5,10-13H2,1-3H3. The fourth-order valence-electron chi connectivity index (χ4n) is 3.50. The second-order valence-electron chi connectivity index (χ2n) is 6.99. The monoisotopic (exact) mass is 390 g/mol. The molecule has 0 aliphatic carbocycles. The second-order valence-corrected chi connectivity index (χ2v) is 9.21. The largest absolute Gasteiger partial charge is 0.441 e. The highest BCUT2D eigenvalue weighted by molar-refractivity contribution is 7.91. The summed E-state index contributed by atoms with van der Waals surface area (Å²) in [5, 5.41) is 0. The Bertz CT molecular complexity index is 916. The van der Waals surface area contributed by atoms with Crippen molar-refractivity contribution in [1.82, 2.24) is 9.88 Å². The molecule has 6 nitrogen and oxygen atoms in total. The Morgan fingerprint density at radius 2 is 1.96 bits per heavy atom. The first-order chi connectivity index (χ1) is 12.8. The average Bonchev–Trinajstić information content (AvgIpc) is 3.18. The summed E-state index contributed by atoms with van der Waals surface area (Å²) >= 11 is 0. The first-order valence-corrected chi connectivity index (χ1v) is 11.2. The zero-order valence-electron chi connectivity index (χ0n) is 16.1. The van der Waals surface area contributed by atoms with Crippen molar-refractivity contribution in [1.29, 1.82) is 0 Å². The molecule has 7 heteroatoms. The maximum Gasteiger partial charge on any atom is 0.228 e. The van der Waals surface area contributed by atoms with Crippen molar-refractivity contribution in [3.63, 3.8) is 0 Å². The molecule has 0 spiro atoms. The maximum absolute atomic E-state index is 12.8. The van der Waals surface area contributed by atoms with Gasteiger partial charge < -0.3 is 9.32 Å². The van der Waals surface area contributed by atoms with E-state index in [9.17, 15) is 13.2 Å². The summed E-state index contributed by atoms with van der Waals surface area (Å²) in [6.45, 7) is 6.26. The van der Waals surface area contributed by atoms with E-state index in [4.69, 9.17) is 4.42 Å². The summed E-state index contributed by atoms with van der Waals surface area (Å²) < 4.78 is 29.2. The second kappa shape index (κ2) is 7.84. The van der Waals surface area contributed by atoms with Gasteiger partial charge in [0.2, 0.25) is 11.8 Å². The van der Waals surface area contributed by atoms with E-state index in [-0.39, 0.29) is 29.9 Å². The smallest absolute Gasteiger partial charge is 0.228 e. The van der Waals surface area contributed by atoms with Crippen LogP contribution in [0.2, 0.25) is 0 Å². The van der Waals surface area contributed by atoms with Gasteiger partial charge in [0.1, 0.15) is 5.76 Å². The molecule has 3 rings (SSSR count). The average molecular weight is 391 g/mol. The summed E-state index contributed by atoms with van der Waals surface area (Å²) in [7, 11) is -3.03. The lowest BCUT2D eigenvalue weighted by molar-refractivity contribution is -0.132. The summed E-state index contributed by atoms with van der Waals surface area (Å²) in [5.74, 6) is 1.23. The molecule has 2 aromatic rings. The fourth-order valence-corrected chi connectivity index (χ4v) is 5.23. The molecule has 1 aliphatic rings. The summed E-state index contributed by atoms with van der Waals surface area (Å²) in [6.07, 6.45) is 1.59. The van der Waals surface area contributed by atoms with Crippen molar-refractivity contribution in [2.75, 3.05) is 18.1 Å². The maximum atomic E-state index is 12.8. The third-order valence-corrected chi connectivity index (χ3v) is 6.88. The number of rotatable bonds is 6. The fraction of sp³-hybridized carbons (Fsp3) is 0.500. The molecule has 0 bridgehead atoms. The van der Waals surface area contributed by atoms with Crippen LogP contribution in [0.4, 0.5) is 0 Å². The van der Waals surface area contributed by atoms with Gasteiger partial charge in [0.05, 0.1) is 23.6 Å². The normalized spacial score (nSPS) is 18.6. The molecule has 1 atom stereocenters. The van der Waals surface area contributed by atoms with Crippen LogP contribution in [-0.2, 0) is 27.5 Å². The van der Waals surface area contributed by atoms with E-state index in [1.807, 2.05) is 31.2 Å². The van der Waals surface area contributed by atoms with Gasteiger partial charge in [-0.2, -0.15) is 0 Å². The van der Waals surface area contributed by atoms with Crippen molar-refractivity contribution in [2.45, 2.75) is 46.1 Å². The Kier molecular flexibility index (Phi) is 5.69. The Morgan fingerprint density at radius 3 is 2.52 bits per heavy atom. The minimum Gasteiger partial charge on any atom is -0.441 e. The molecule has 146 valence electrons. The summed E-state index contributed by atoms with van der Waals surface area (Å²) in [5.41, 5.74) is 2.72. The van der Waals surface area contributed by atoms with E-state index in [0.29, 0.717) is 30.3 Å². The van der Waals surface area contributed by atoms with E-state index in [1.165, 1.54) is 5.56 Å². The lowest BCUT2D eigenvalue weighted by atomic mass is 10.1. The van der Waals surface area contributed by atoms with Gasteiger partial charge in [-0.1, -0.05) is 19.1 Å². The molecule has 1 aromatic heterocycles. The molecular weight excluding hydrogens is 364 g/mol. The first-order valence-electron chi connectivity index (χ1n) is 9.38. The molecule has 0 saturated carbocycles. The Morgan fingerprint density at radius 1 is 1.26 bits per heavy atom. The highest BCUT2D eigenvalue weighted by atomic mass is 32.2. The van der Waals surface area contributed by atoms with E-state index in [2.05, 4.69) is 11.9 Å². The molecule has 1 fully saturated rings. The summed E-state index contributed by atoms with van der Waals surface area (Å²) in [4.78, 5) is 18.9. The number of oxazole rings is 1. The van der Waals surface area contributed by atoms with Crippen LogP contribution in [0.3, 0.4) is 0 Å². The van der Waals surface area contributed by atoms with Crippen LogP contribution in [0.5, 0.6) is 0 Å². The quantitative estimate of drug-likeness (QED) is 0.758. The zero-order valence-corrected chi connectivity index (χ0v) is 16.9. The Labute approximate surface area is 160 Å². The topological polar surface area (TPSA) is 80.5 Å². The molecular formula is C20H26N2O4S. The van der Waals surface area contributed by atoms with E-state index < -0.39 is 9.84 Å². The van der Waals surface area contributed by atoms with Gasteiger partial charge in [-0.3, -0.25) is 4.79 Å². The van der Waals surface area contributed by atoms with Crippen molar-refractivity contribution in [3.05, 3.63) is 41.3 Å². The van der Waals surface area contributed by atoms with Crippen LogP contribution in [-0.4, -0.2) is 48.3 Å². The molecule has 1 aromatic carbocycles. The summed E-state index contributed by atoms with van der Waals surface area (Å²) in [6, 6.07) is 7.79. The first kappa shape index (κ1) is 19.6. The predicted octanol–water partition coefficient (Wildman–Crippen LogP) is 2.79. The van der Waals surface area contributed by atoms with Crippen molar-refractivity contribution >= 4 is 15.7 Å².